The summed E-state index contributed by atoms with van der Waals surface area (Å²) in [5.74, 6) is 4.09. The first-order chi connectivity index (χ1) is 9.93. The third-order valence-electron chi connectivity index (χ3n) is 3.75. The molecule has 3 heterocycles. The molecule has 1 saturated heterocycles. The van der Waals surface area contributed by atoms with Gasteiger partial charge < -0.3 is 0 Å². The lowest BCUT2D eigenvalue weighted by atomic mass is 10.1. The van der Waals surface area contributed by atoms with E-state index in [4.69, 9.17) is 4.98 Å². The first-order valence-electron chi connectivity index (χ1n) is 6.90. The Bertz CT molecular complexity index is 730. The highest BCUT2D eigenvalue weighted by molar-refractivity contribution is 7.99. The number of hydrogen-bond acceptors (Lipinski definition) is 3. The molecule has 1 unspecified atom stereocenters. The number of rotatable bonds is 2. The summed E-state index contributed by atoms with van der Waals surface area (Å²) >= 11 is 2.02. The smallest absolute Gasteiger partial charge is 0.164 e. The van der Waals surface area contributed by atoms with Gasteiger partial charge in [0.1, 0.15) is 11.3 Å². The lowest BCUT2D eigenvalue weighted by Crippen LogP contribution is -2.07. The Balaban J connectivity index is 1.98. The van der Waals surface area contributed by atoms with Gasteiger partial charge in [0.15, 0.2) is 5.65 Å². The van der Waals surface area contributed by atoms with E-state index in [1.807, 2.05) is 36.2 Å². The molecule has 0 aliphatic carbocycles. The van der Waals surface area contributed by atoms with Gasteiger partial charge in [-0.05, 0) is 36.4 Å². The lowest BCUT2D eigenvalue weighted by Gasteiger charge is -2.12. The van der Waals surface area contributed by atoms with Crippen LogP contribution < -0.4 is 0 Å². The molecule has 0 amide bonds. The van der Waals surface area contributed by atoms with Crippen molar-refractivity contribution in [3.63, 3.8) is 0 Å². The Kier molecular flexibility index (Phi) is 2.96. The van der Waals surface area contributed by atoms with Crippen molar-refractivity contribution in [3.05, 3.63) is 54.5 Å². The largest absolute Gasteiger partial charge is 0.280 e. The van der Waals surface area contributed by atoms with Crippen LogP contribution in [0.1, 0.15) is 18.2 Å². The lowest BCUT2D eigenvalue weighted by molar-refractivity contribution is 0.705. The molecule has 0 spiro atoms. The maximum atomic E-state index is 4.86. The molecule has 0 saturated carbocycles. The molecule has 3 aromatic rings. The van der Waals surface area contributed by atoms with Crippen LogP contribution in [0.25, 0.3) is 16.9 Å². The van der Waals surface area contributed by atoms with Gasteiger partial charge in [-0.2, -0.15) is 11.8 Å². The second-order valence-corrected chi connectivity index (χ2v) is 6.20. The maximum Gasteiger partial charge on any atom is 0.164 e. The Labute approximate surface area is 122 Å². The van der Waals surface area contributed by atoms with Crippen LogP contribution in [0.3, 0.4) is 0 Å². The zero-order chi connectivity index (χ0) is 13.4. The molecule has 4 heteroatoms. The molecule has 2 aromatic heterocycles. The Morgan fingerprint density at radius 3 is 2.80 bits per heavy atom. The van der Waals surface area contributed by atoms with Crippen molar-refractivity contribution in [2.75, 3.05) is 11.5 Å². The fraction of sp³-hybridized carbons (Fsp3) is 0.250. The summed E-state index contributed by atoms with van der Waals surface area (Å²) in [5.41, 5.74) is 3.11. The highest BCUT2D eigenvalue weighted by Crippen LogP contribution is 2.34. The number of fused-ring (bicyclic) bond motifs is 1. The minimum atomic E-state index is 0.536. The van der Waals surface area contributed by atoms with Crippen LogP contribution in [0.5, 0.6) is 0 Å². The van der Waals surface area contributed by atoms with E-state index < -0.39 is 0 Å². The quantitative estimate of drug-likeness (QED) is 0.718. The number of aromatic nitrogens is 3. The SMILES string of the molecule is c1ccc(-n2c(C3CCSC3)nc3cccnc32)cc1. The van der Waals surface area contributed by atoms with Gasteiger partial charge in [0.05, 0.1) is 0 Å². The number of thioether (sulfide) groups is 1. The van der Waals surface area contributed by atoms with Crippen molar-refractivity contribution < 1.29 is 0 Å². The van der Waals surface area contributed by atoms with E-state index in [9.17, 15) is 0 Å². The van der Waals surface area contributed by atoms with Gasteiger partial charge in [-0.3, -0.25) is 4.57 Å². The van der Waals surface area contributed by atoms with Crippen LogP contribution in [-0.2, 0) is 0 Å². The molecule has 20 heavy (non-hydrogen) atoms. The maximum absolute atomic E-state index is 4.86. The zero-order valence-corrected chi connectivity index (χ0v) is 11.9. The van der Waals surface area contributed by atoms with Gasteiger partial charge >= 0.3 is 0 Å². The van der Waals surface area contributed by atoms with E-state index in [-0.39, 0.29) is 0 Å². The van der Waals surface area contributed by atoms with Gasteiger partial charge in [-0.15, -0.1) is 0 Å². The molecular formula is C16H15N3S. The topological polar surface area (TPSA) is 30.7 Å². The fourth-order valence-corrected chi connectivity index (χ4v) is 3.99. The fourth-order valence-electron chi connectivity index (χ4n) is 2.77. The third-order valence-corrected chi connectivity index (χ3v) is 4.91. The average molecular weight is 281 g/mol. The number of hydrogen-bond donors (Lipinski definition) is 0. The van der Waals surface area contributed by atoms with E-state index in [0.29, 0.717) is 5.92 Å². The van der Waals surface area contributed by atoms with Gasteiger partial charge in [-0.25, -0.2) is 9.97 Å². The molecule has 0 bridgehead atoms. The third kappa shape index (κ3) is 1.91. The van der Waals surface area contributed by atoms with Crippen molar-refractivity contribution in [2.24, 2.45) is 0 Å². The molecule has 0 radical (unpaired) electrons. The molecule has 0 N–H and O–H groups in total. The standard InChI is InChI=1S/C16H15N3S/c1-2-5-13(6-3-1)19-15(12-8-10-20-11-12)18-14-7-4-9-17-16(14)19/h1-7,9,12H,8,10-11H2. The van der Waals surface area contributed by atoms with Gasteiger partial charge in [0.2, 0.25) is 0 Å². The molecule has 1 aromatic carbocycles. The van der Waals surface area contributed by atoms with Crippen LogP contribution >= 0.6 is 11.8 Å². The van der Waals surface area contributed by atoms with Crippen molar-refractivity contribution >= 4 is 22.9 Å². The predicted molar refractivity (Wildman–Crippen MR) is 83.5 cm³/mol. The second-order valence-electron chi connectivity index (χ2n) is 5.05. The molecule has 3 nitrogen and oxygen atoms in total. The second kappa shape index (κ2) is 4.94. The highest BCUT2D eigenvalue weighted by atomic mass is 32.2. The van der Waals surface area contributed by atoms with Crippen LogP contribution in [0.4, 0.5) is 0 Å². The molecule has 4 rings (SSSR count). The van der Waals surface area contributed by atoms with Gasteiger partial charge in [0.25, 0.3) is 0 Å². The first kappa shape index (κ1) is 12.0. The summed E-state index contributed by atoms with van der Waals surface area (Å²) in [7, 11) is 0. The van der Waals surface area contributed by atoms with Crippen LogP contribution in [0.15, 0.2) is 48.7 Å². The van der Waals surface area contributed by atoms with E-state index in [2.05, 4.69) is 33.8 Å². The summed E-state index contributed by atoms with van der Waals surface area (Å²) in [4.78, 5) is 9.40. The summed E-state index contributed by atoms with van der Waals surface area (Å²) in [6.45, 7) is 0. The molecule has 100 valence electrons. The van der Waals surface area contributed by atoms with Crippen LogP contribution in [-0.4, -0.2) is 26.0 Å². The van der Waals surface area contributed by atoms with Crippen molar-refractivity contribution in [1.29, 1.82) is 0 Å². The molecule has 1 fully saturated rings. The molecule has 1 atom stereocenters. The molecule has 1 aliphatic heterocycles. The van der Waals surface area contributed by atoms with Crippen molar-refractivity contribution in [3.8, 4) is 5.69 Å². The first-order valence-corrected chi connectivity index (χ1v) is 8.05. The van der Waals surface area contributed by atoms with Gasteiger partial charge in [-0.1, -0.05) is 18.2 Å². The summed E-state index contributed by atoms with van der Waals surface area (Å²) in [5, 5.41) is 0. The normalized spacial score (nSPS) is 18.7. The predicted octanol–water partition coefficient (Wildman–Crippen LogP) is 3.64. The van der Waals surface area contributed by atoms with Gasteiger partial charge in [0, 0.05) is 23.6 Å². The molecular weight excluding hydrogens is 266 g/mol. The van der Waals surface area contributed by atoms with Crippen molar-refractivity contribution in [2.45, 2.75) is 12.3 Å². The summed E-state index contributed by atoms with van der Waals surface area (Å²) < 4.78 is 2.23. The van der Waals surface area contributed by atoms with E-state index in [1.165, 1.54) is 12.2 Å². The number of imidazole rings is 1. The number of benzene rings is 1. The number of para-hydroxylation sites is 1. The Hall–Kier alpha value is -1.81. The highest BCUT2D eigenvalue weighted by Gasteiger charge is 2.25. The Morgan fingerprint density at radius 1 is 1.10 bits per heavy atom. The zero-order valence-electron chi connectivity index (χ0n) is 11.1. The van der Waals surface area contributed by atoms with E-state index in [1.54, 1.807) is 0 Å². The summed E-state index contributed by atoms with van der Waals surface area (Å²) in [6, 6.07) is 14.4. The average Bonchev–Trinajstić information content (AvgIpc) is 3.15. The minimum Gasteiger partial charge on any atom is -0.280 e. The Morgan fingerprint density at radius 2 is 2.00 bits per heavy atom. The van der Waals surface area contributed by atoms with Crippen molar-refractivity contribution in [1.82, 2.24) is 14.5 Å². The number of nitrogens with zero attached hydrogens (tertiary/aromatic N) is 3. The van der Waals surface area contributed by atoms with E-state index in [0.717, 1.165) is 28.4 Å². The van der Waals surface area contributed by atoms with Crippen LogP contribution in [0, 0.1) is 0 Å². The minimum absolute atomic E-state index is 0.536. The molecule has 1 aliphatic rings. The van der Waals surface area contributed by atoms with E-state index >= 15 is 0 Å². The monoisotopic (exact) mass is 281 g/mol. The summed E-state index contributed by atoms with van der Waals surface area (Å²) in [6.07, 6.45) is 3.05. The van der Waals surface area contributed by atoms with Crippen LogP contribution in [0.2, 0.25) is 0 Å². The number of pyridine rings is 1.